The molecule has 0 radical (unpaired) electrons. The molecule has 1 heteroatoms. The van der Waals surface area contributed by atoms with Crippen LogP contribution in [0.3, 0.4) is 0 Å². The molecule has 0 aromatic carbocycles. The van der Waals surface area contributed by atoms with Gasteiger partial charge in [-0.3, -0.25) is 0 Å². The van der Waals surface area contributed by atoms with Crippen molar-refractivity contribution in [3.05, 3.63) is 24.4 Å². The molecule has 1 rings (SSSR count). The van der Waals surface area contributed by atoms with E-state index < -0.39 is 0 Å². The molecular weight excluding hydrogens is 122 g/mol. The first-order chi connectivity index (χ1) is 4.79. The van der Waals surface area contributed by atoms with Gasteiger partial charge in [-0.1, -0.05) is 12.2 Å². The lowest BCUT2D eigenvalue weighted by Crippen LogP contribution is -2.05. The van der Waals surface area contributed by atoms with Gasteiger partial charge < -0.3 is 0 Å². The molecule has 1 unspecified atom stereocenters. The summed E-state index contributed by atoms with van der Waals surface area (Å²) in [6.07, 6.45) is 11.9. The van der Waals surface area contributed by atoms with E-state index in [1.54, 1.807) is 0 Å². The fourth-order valence-corrected chi connectivity index (χ4v) is 1.07. The van der Waals surface area contributed by atoms with Crippen molar-refractivity contribution in [3.8, 4) is 0 Å². The zero-order valence-electron chi connectivity index (χ0n) is 6.62. The van der Waals surface area contributed by atoms with Gasteiger partial charge in [0.15, 0.2) is 12.4 Å². The SMILES string of the molecule is CC1C=[N+](C)/C=C\C/C=C\1. The quantitative estimate of drug-likeness (QED) is 0.353. The van der Waals surface area contributed by atoms with Gasteiger partial charge >= 0.3 is 0 Å². The molecule has 0 saturated carbocycles. The van der Waals surface area contributed by atoms with Crippen molar-refractivity contribution in [2.24, 2.45) is 5.92 Å². The van der Waals surface area contributed by atoms with Gasteiger partial charge in [0.05, 0.1) is 5.92 Å². The molecule has 1 atom stereocenters. The summed E-state index contributed by atoms with van der Waals surface area (Å²) in [6.45, 7) is 2.19. The molecule has 1 aliphatic heterocycles. The first-order valence-electron chi connectivity index (χ1n) is 3.69. The van der Waals surface area contributed by atoms with Gasteiger partial charge in [-0.25, -0.2) is 4.58 Å². The third-order valence-corrected chi connectivity index (χ3v) is 1.52. The maximum Gasteiger partial charge on any atom is 0.164 e. The lowest BCUT2D eigenvalue weighted by atomic mass is 10.1. The Kier molecular flexibility index (Phi) is 2.43. The van der Waals surface area contributed by atoms with Gasteiger partial charge in [-0.2, -0.15) is 0 Å². The maximum atomic E-state index is 2.22. The van der Waals surface area contributed by atoms with Gasteiger partial charge in [0.1, 0.15) is 7.05 Å². The molecule has 10 heavy (non-hydrogen) atoms. The lowest BCUT2D eigenvalue weighted by molar-refractivity contribution is -0.419. The Morgan fingerprint density at radius 1 is 1.40 bits per heavy atom. The average molecular weight is 136 g/mol. The Hall–Kier alpha value is -0.850. The molecule has 0 N–H and O–H groups in total. The van der Waals surface area contributed by atoms with E-state index in [1.807, 2.05) is 0 Å². The van der Waals surface area contributed by atoms with E-state index in [4.69, 9.17) is 0 Å². The Labute approximate surface area is 62.4 Å². The van der Waals surface area contributed by atoms with Crippen molar-refractivity contribution in [2.45, 2.75) is 13.3 Å². The third kappa shape index (κ3) is 2.18. The van der Waals surface area contributed by atoms with Gasteiger partial charge in [0.25, 0.3) is 0 Å². The summed E-state index contributed by atoms with van der Waals surface area (Å²) < 4.78 is 2.11. The summed E-state index contributed by atoms with van der Waals surface area (Å²) in [5.74, 6) is 0.565. The Morgan fingerprint density at radius 2 is 2.20 bits per heavy atom. The molecule has 0 saturated heterocycles. The number of rotatable bonds is 0. The third-order valence-electron chi connectivity index (χ3n) is 1.52. The van der Waals surface area contributed by atoms with E-state index >= 15 is 0 Å². The molecule has 1 heterocycles. The van der Waals surface area contributed by atoms with Crippen LogP contribution < -0.4 is 0 Å². The van der Waals surface area contributed by atoms with E-state index in [9.17, 15) is 0 Å². The van der Waals surface area contributed by atoms with Gasteiger partial charge in [0, 0.05) is 0 Å². The number of nitrogens with zero attached hydrogens (tertiary/aromatic N) is 1. The van der Waals surface area contributed by atoms with Crippen LogP contribution in [0.15, 0.2) is 24.4 Å². The number of hydrogen-bond donors (Lipinski definition) is 0. The van der Waals surface area contributed by atoms with Crippen molar-refractivity contribution in [1.82, 2.24) is 0 Å². The molecular formula is C9H14N+. The summed E-state index contributed by atoms with van der Waals surface area (Å²) in [6, 6.07) is 0. The Bertz CT molecular complexity index is 187. The molecule has 0 spiro atoms. The summed E-state index contributed by atoms with van der Waals surface area (Å²) >= 11 is 0. The van der Waals surface area contributed by atoms with Crippen LogP contribution in [0, 0.1) is 5.92 Å². The molecule has 54 valence electrons. The van der Waals surface area contributed by atoms with Crippen molar-refractivity contribution in [2.75, 3.05) is 7.05 Å². The highest BCUT2D eigenvalue weighted by Crippen LogP contribution is 1.98. The summed E-state index contributed by atoms with van der Waals surface area (Å²) in [4.78, 5) is 0. The molecule has 0 aromatic heterocycles. The predicted octanol–water partition coefficient (Wildman–Crippen LogP) is 1.81. The van der Waals surface area contributed by atoms with Gasteiger partial charge in [-0.15, -0.1) is 0 Å². The number of allylic oxidation sites excluding steroid dienone is 3. The zero-order valence-corrected chi connectivity index (χ0v) is 6.62. The second-order valence-electron chi connectivity index (χ2n) is 2.72. The molecule has 0 aromatic rings. The second-order valence-corrected chi connectivity index (χ2v) is 2.72. The fraction of sp³-hybridized carbons (Fsp3) is 0.444. The van der Waals surface area contributed by atoms with E-state index in [-0.39, 0.29) is 0 Å². The smallest absolute Gasteiger partial charge is 0.164 e. The topological polar surface area (TPSA) is 3.01 Å². The Balaban J connectivity index is 2.75. The van der Waals surface area contributed by atoms with E-state index in [0.717, 1.165) is 6.42 Å². The molecule has 0 fully saturated rings. The largest absolute Gasteiger partial charge is 0.211 e. The summed E-state index contributed by atoms with van der Waals surface area (Å²) in [7, 11) is 2.06. The van der Waals surface area contributed by atoms with Gasteiger partial charge in [-0.05, 0) is 19.4 Å². The van der Waals surface area contributed by atoms with Crippen LogP contribution in [-0.4, -0.2) is 17.8 Å². The summed E-state index contributed by atoms with van der Waals surface area (Å²) in [5, 5.41) is 0. The van der Waals surface area contributed by atoms with Crippen LogP contribution in [0.2, 0.25) is 0 Å². The lowest BCUT2D eigenvalue weighted by Gasteiger charge is -1.96. The first-order valence-corrected chi connectivity index (χ1v) is 3.69. The first kappa shape index (κ1) is 7.26. The highest BCUT2D eigenvalue weighted by Gasteiger charge is 1.98. The molecule has 0 aliphatic carbocycles. The predicted molar refractivity (Wildman–Crippen MR) is 44.3 cm³/mol. The van der Waals surface area contributed by atoms with Crippen molar-refractivity contribution in [1.29, 1.82) is 0 Å². The van der Waals surface area contributed by atoms with Crippen LogP contribution in [0.1, 0.15) is 13.3 Å². The van der Waals surface area contributed by atoms with Crippen LogP contribution in [-0.2, 0) is 0 Å². The van der Waals surface area contributed by atoms with E-state index in [2.05, 4.69) is 49.2 Å². The average Bonchev–Trinajstić information content (AvgIpc) is 1.83. The minimum Gasteiger partial charge on any atom is -0.211 e. The monoisotopic (exact) mass is 136 g/mol. The van der Waals surface area contributed by atoms with E-state index in [1.165, 1.54) is 0 Å². The molecule has 1 aliphatic rings. The highest BCUT2D eigenvalue weighted by molar-refractivity contribution is 5.57. The highest BCUT2D eigenvalue weighted by atomic mass is 14.9. The normalized spacial score (nSPS) is 31.8. The zero-order chi connectivity index (χ0) is 7.40. The number of hydrogen-bond acceptors (Lipinski definition) is 0. The van der Waals surface area contributed by atoms with Crippen LogP contribution in [0.25, 0.3) is 0 Å². The minimum absolute atomic E-state index is 0.565. The maximum absolute atomic E-state index is 2.22. The minimum atomic E-state index is 0.565. The summed E-state index contributed by atoms with van der Waals surface area (Å²) in [5.41, 5.74) is 0. The molecule has 0 bridgehead atoms. The van der Waals surface area contributed by atoms with Crippen molar-refractivity contribution >= 4 is 6.21 Å². The van der Waals surface area contributed by atoms with Crippen LogP contribution in [0.4, 0.5) is 0 Å². The van der Waals surface area contributed by atoms with Crippen LogP contribution in [0.5, 0.6) is 0 Å². The Morgan fingerprint density at radius 3 is 3.00 bits per heavy atom. The van der Waals surface area contributed by atoms with E-state index in [0.29, 0.717) is 5.92 Å². The van der Waals surface area contributed by atoms with Gasteiger partial charge in [0.2, 0.25) is 0 Å². The molecule has 1 nitrogen and oxygen atoms in total. The van der Waals surface area contributed by atoms with Crippen molar-refractivity contribution in [3.63, 3.8) is 0 Å². The fourth-order valence-electron chi connectivity index (χ4n) is 1.07. The van der Waals surface area contributed by atoms with Crippen molar-refractivity contribution < 1.29 is 4.58 Å². The second kappa shape index (κ2) is 3.35. The standard InChI is InChI=1S/C9H14N/c1-9-6-4-3-5-7-10(2)8-9/h4-9H,3H2,1-2H3/q+1/b6-4-,7-5-,10-8?. The molecule has 0 amide bonds. The van der Waals surface area contributed by atoms with Crippen LogP contribution >= 0.6 is 0 Å².